The third-order valence-corrected chi connectivity index (χ3v) is 3.02. The number of rotatable bonds is 11. The molecule has 0 fully saturated rings. The van der Waals surface area contributed by atoms with Crippen molar-refractivity contribution in [2.75, 3.05) is 46.6 Å². The van der Waals surface area contributed by atoms with Crippen molar-refractivity contribution in [3.8, 4) is 11.5 Å². The third-order valence-electron chi connectivity index (χ3n) is 3.02. The minimum atomic E-state index is 0. The molecule has 1 aromatic rings. The molecule has 0 unspecified atom stereocenters. The van der Waals surface area contributed by atoms with Crippen LogP contribution < -0.4 is 20.1 Å². The van der Waals surface area contributed by atoms with Crippen LogP contribution in [-0.4, -0.2) is 52.5 Å². The van der Waals surface area contributed by atoms with Gasteiger partial charge in [-0.3, -0.25) is 4.99 Å². The molecule has 1 rings (SSSR count). The number of nitrogens with zero attached hydrogens (tertiary/aromatic N) is 1. The second kappa shape index (κ2) is 15.1. The first-order valence-corrected chi connectivity index (χ1v) is 8.52. The minimum absolute atomic E-state index is 0. The summed E-state index contributed by atoms with van der Waals surface area (Å²) in [6.07, 6.45) is 0. The first-order valence-electron chi connectivity index (χ1n) is 8.52. The van der Waals surface area contributed by atoms with Crippen LogP contribution in [0.4, 0.5) is 0 Å². The second-order valence-corrected chi connectivity index (χ2v) is 5.68. The van der Waals surface area contributed by atoms with Crippen LogP contribution in [0.25, 0.3) is 0 Å². The van der Waals surface area contributed by atoms with E-state index in [9.17, 15) is 0 Å². The summed E-state index contributed by atoms with van der Waals surface area (Å²) >= 11 is 0. The van der Waals surface area contributed by atoms with Gasteiger partial charge in [0.25, 0.3) is 0 Å². The predicted molar refractivity (Wildman–Crippen MR) is 114 cm³/mol. The zero-order valence-corrected chi connectivity index (χ0v) is 18.0. The Morgan fingerprint density at radius 3 is 2.36 bits per heavy atom. The maximum Gasteiger partial charge on any atom is 0.191 e. The summed E-state index contributed by atoms with van der Waals surface area (Å²) in [6.45, 7) is 10.4. The summed E-state index contributed by atoms with van der Waals surface area (Å²) in [6, 6.07) is 7.55. The molecule has 144 valence electrons. The number of hydrogen-bond acceptors (Lipinski definition) is 4. The van der Waals surface area contributed by atoms with E-state index >= 15 is 0 Å². The normalized spacial score (nSPS) is 11.0. The average Bonchev–Trinajstić information content (AvgIpc) is 2.58. The lowest BCUT2D eigenvalue weighted by atomic mass is 10.2. The first-order chi connectivity index (χ1) is 11.7. The maximum absolute atomic E-state index is 5.68. The number of guanidine groups is 1. The van der Waals surface area contributed by atoms with Crippen molar-refractivity contribution >= 4 is 29.9 Å². The zero-order chi connectivity index (χ0) is 17.6. The smallest absolute Gasteiger partial charge is 0.191 e. The number of nitrogens with one attached hydrogen (secondary N) is 2. The molecule has 7 heteroatoms. The Bertz CT molecular complexity index is 467. The van der Waals surface area contributed by atoms with Crippen LogP contribution in [0.1, 0.15) is 20.8 Å². The maximum atomic E-state index is 5.68. The lowest BCUT2D eigenvalue weighted by Crippen LogP contribution is -2.39. The number of methoxy groups -OCH3 is 1. The van der Waals surface area contributed by atoms with Crippen LogP contribution in [0.3, 0.4) is 0 Å². The van der Waals surface area contributed by atoms with Gasteiger partial charge in [-0.1, -0.05) is 13.8 Å². The Balaban J connectivity index is 0.00000576. The number of ether oxygens (including phenoxy) is 3. The summed E-state index contributed by atoms with van der Waals surface area (Å²) in [5, 5.41) is 6.45. The van der Waals surface area contributed by atoms with Crippen molar-refractivity contribution in [2.24, 2.45) is 10.9 Å². The van der Waals surface area contributed by atoms with Crippen LogP contribution >= 0.6 is 24.0 Å². The van der Waals surface area contributed by atoms with E-state index in [4.69, 9.17) is 14.2 Å². The summed E-state index contributed by atoms with van der Waals surface area (Å²) in [7, 11) is 1.65. The number of benzene rings is 1. The molecule has 0 saturated heterocycles. The quantitative estimate of drug-likeness (QED) is 0.228. The first kappa shape index (κ1) is 23.8. The lowest BCUT2D eigenvalue weighted by molar-refractivity contribution is 0.117. The van der Waals surface area contributed by atoms with E-state index in [2.05, 4.69) is 29.5 Å². The predicted octanol–water partition coefficient (Wildman–Crippen LogP) is 2.92. The van der Waals surface area contributed by atoms with Crippen molar-refractivity contribution < 1.29 is 14.2 Å². The topological polar surface area (TPSA) is 64.1 Å². The number of aliphatic imine (C=N–C) groups is 1. The minimum Gasteiger partial charge on any atom is -0.497 e. The fraction of sp³-hybridized carbons (Fsp3) is 0.611. The van der Waals surface area contributed by atoms with E-state index in [1.54, 1.807) is 7.11 Å². The van der Waals surface area contributed by atoms with Gasteiger partial charge in [0, 0.05) is 13.2 Å². The monoisotopic (exact) mass is 465 g/mol. The molecule has 0 amide bonds. The SMILES string of the molecule is CCNC(=NCCOCC(C)C)NCCOc1ccc(OC)cc1.I. The highest BCUT2D eigenvalue weighted by Gasteiger charge is 1.99. The van der Waals surface area contributed by atoms with Gasteiger partial charge in [0.1, 0.15) is 18.1 Å². The molecule has 0 aliphatic heterocycles. The van der Waals surface area contributed by atoms with E-state index in [-0.39, 0.29) is 24.0 Å². The van der Waals surface area contributed by atoms with E-state index in [1.165, 1.54) is 0 Å². The zero-order valence-electron chi connectivity index (χ0n) is 15.7. The lowest BCUT2D eigenvalue weighted by Gasteiger charge is -2.12. The molecule has 25 heavy (non-hydrogen) atoms. The summed E-state index contributed by atoms with van der Waals surface area (Å²) in [5.41, 5.74) is 0. The van der Waals surface area contributed by atoms with Gasteiger partial charge in [0.05, 0.1) is 26.8 Å². The largest absolute Gasteiger partial charge is 0.497 e. The molecule has 1 aromatic carbocycles. The van der Waals surface area contributed by atoms with Crippen molar-refractivity contribution in [3.63, 3.8) is 0 Å². The van der Waals surface area contributed by atoms with Gasteiger partial charge in [-0.05, 0) is 37.1 Å². The summed E-state index contributed by atoms with van der Waals surface area (Å²) < 4.78 is 16.3. The molecule has 0 saturated carbocycles. The summed E-state index contributed by atoms with van der Waals surface area (Å²) in [5.74, 6) is 2.97. The van der Waals surface area contributed by atoms with Crippen molar-refractivity contribution in [3.05, 3.63) is 24.3 Å². The third kappa shape index (κ3) is 11.9. The van der Waals surface area contributed by atoms with Gasteiger partial charge >= 0.3 is 0 Å². The second-order valence-electron chi connectivity index (χ2n) is 5.68. The molecule has 0 bridgehead atoms. The Morgan fingerprint density at radius 2 is 1.76 bits per heavy atom. The molecule has 0 heterocycles. The van der Waals surface area contributed by atoms with E-state index in [1.807, 2.05) is 31.2 Å². The highest BCUT2D eigenvalue weighted by molar-refractivity contribution is 14.0. The molecule has 6 nitrogen and oxygen atoms in total. The Kier molecular flexibility index (Phi) is 14.3. The fourth-order valence-electron chi connectivity index (χ4n) is 1.89. The van der Waals surface area contributed by atoms with Gasteiger partial charge in [-0.2, -0.15) is 0 Å². The Morgan fingerprint density at radius 1 is 1.08 bits per heavy atom. The Labute approximate surface area is 168 Å². The number of hydrogen-bond donors (Lipinski definition) is 2. The molecule has 0 radical (unpaired) electrons. The average molecular weight is 465 g/mol. The highest BCUT2D eigenvalue weighted by atomic mass is 127. The van der Waals surface area contributed by atoms with Crippen molar-refractivity contribution in [2.45, 2.75) is 20.8 Å². The van der Waals surface area contributed by atoms with Gasteiger partial charge in [0.15, 0.2) is 5.96 Å². The van der Waals surface area contributed by atoms with Gasteiger partial charge in [-0.25, -0.2) is 0 Å². The molecule has 0 aliphatic carbocycles. The molecule has 0 aromatic heterocycles. The van der Waals surface area contributed by atoms with E-state index in [0.29, 0.717) is 32.2 Å². The van der Waals surface area contributed by atoms with Crippen LogP contribution in [0.5, 0.6) is 11.5 Å². The van der Waals surface area contributed by atoms with Crippen LogP contribution in [0, 0.1) is 5.92 Å². The van der Waals surface area contributed by atoms with Crippen LogP contribution in [-0.2, 0) is 4.74 Å². The van der Waals surface area contributed by atoms with Crippen LogP contribution in [0.2, 0.25) is 0 Å². The molecular formula is C18H32IN3O3. The molecule has 2 N–H and O–H groups in total. The van der Waals surface area contributed by atoms with Crippen LogP contribution in [0.15, 0.2) is 29.3 Å². The Hall–Kier alpha value is -1.22. The standard InChI is InChI=1S/C18H31N3O3.HI/c1-5-19-18(20-10-12-23-14-15(2)3)21-11-13-24-17-8-6-16(22-4)7-9-17;/h6-9,15H,5,10-14H2,1-4H3,(H2,19,20,21);1H. The molecule has 0 aliphatic rings. The van der Waals surface area contributed by atoms with Gasteiger partial charge in [-0.15, -0.1) is 24.0 Å². The van der Waals surface area contributed by atoms with Crippen molar-refractivity contribution in [1.82, 2.24) is 10.6 Å². The highest BCUT2D eigenvalue weighted by Crippen LogP contribution is 2.16. The molecule has 0 spiro atoms. The van der Waals surface area contributed by atoms with Gasteiger partial charge < -0.3 is 24.8 Å². The van der Waals surface area contributed by atoms with Crippen molar-refractivity contribution in [1.29, 1.82) is 0 Å². The van der Waals surface area contributed by atoms with E-state index in [0.717, 1.165) is 30.6 Å². The molecular weight excluding hydrogens is 433 g/mol. The molecule has 0 atom stereocenters. The fourth-order valence-corrected chi connectivity index (χ4v) is 1.89. The number of halogens is 1. The summed E-state index contributed by atoms with van der Waals surface area (Å²) in [4.78, 5) is 4.47. The van der Waals surface area contributed by atoms with Gasteiger partial charge in [0.2, 0.25) is 0 Å². The van der Waals surface area contributed by atoms with E-state index < -0.39 is 0 Å².